The zero-order chi connectivity index (χ0) is 14.3. The first-order valence-corrected chi connectivity index (χ1v) is 7.92. The van der Waals surface area contributed by atoms with Gasteiger partial charge in [0, 0.05) is 24.7 Å². The van der Waals surface area contributed by atoms with Gasteiger partial charge in [-0.05, 0) is 38.8 Å². The van der Waals surface area contributed by atoms with Gasteiger partial charge < -0.3 is 5.32 Å². The van der Waals surface area contributed by atoms with Crippen LogP contribution in [0.4, 0.5) is 0 Å². The van der Waals surface area contributed by atoms with Gasteiger partial charge in [0.25, 0.3) is 0 Å². The zero-order valence-electron chi connectivity index (χ0n) is 13.4. The Morgan fingerprint density at radius 3 is 2.42 bits per heavy atom. The Kier molecular flexibility index (Phi) is 7.14. The molecule has 0 aliphatic rings. The Labute approximate surface area is 118 Å². The Morgan fingerprint density at radius 2 is 1.89 bits per heavy atom. The van der Waals surface area contributed by atoms with Gasteiger partial charge >= 0.3 is 0 Å². The first-order chi connectivity index (χ1) is 9.15. The van der Waals surface area contributed by atoms with Gasteiger partial charge in [-0.1, -0.05) is 33.6 Å². The standard InChI is InChI=1S/C16H31N3/c1-6-10-17-16(14(7-2)8-3)12-15-11-13(5)18-19(15)9-4/h11,14,16-17H,6-10,12H2,1-5H3. The molecule has 1 aromatic rings. The smallest absolute Gasteiger partial charge is 0.0596 e. The second-order valence-electron chi connectivity index (χ2n) is 5.43. The van der Waals surface area contributed by atoms with E-state index in [1.807, 2.05) is 0 Å². The highest BCUT2D eigenvalue weighted by Gasteiger charge is 2.20. The van der Waals surface area contributed by atoms with Gasteiger partial charge in [-0.2, -0.15) is 5.10 Å². The molecule has 0 aliphatic heterocycles. The van der Waals surface area contributed by atoms with E-state index in [2.05, 4.69) is 55.8 Å². The van der Waals surface area contributed by atoms with Crippen molar-refractivity contribution in [3.05, 3.63) is 17.5 Å². The predicted molar refractivity (Wildman–Crippen MR) is 82.5 cm³/mol. The molecule has 1 heterocycles. The number of nitrogens with zero attached hydrogens (tertiary/aromatic N) is 2. The Bertz CT molecular complexity index is 353. The summed E-state index contributed by atoms with van der Waals surface area (Å²) in [6, 6.07) is 2.82. The SMILES string of the molecule is CCCNC(Cc1cc(C)nn1CC)C(CC)CC. The minimum Gasteiger partial charge on any atom is -0.313 e. The van der Waals surface area contributed by atoms with Gasteiger partial charge in [0.15, 0.2) is 0 Å². The van der Waals surface area contributed by atoms with E-state index in [4.69, 9.17) is 0 Å². The van der Waals surface area contributed by atoms with Crippen molar-refractivity contribution in [2.24, 2.45) is 5.92 Å². The van der Waals surface area contributed by atoms with Crippen LogP contribution in [0.25, 0.3) is 0 Å². The molecule has 0 bridgehead atoms. The lowest BCUT2D eigenvalue weighted by Gasteiger charge is -2.26. The average Bonchev–Trinajstić information content (AvgIpc) is 2.77. The van der Waals surface area contributed by atoms with Gasteiger partial charge in [-0.15, -0.1) is 0 Å². The molecule has 0 fully saturated rings. The molecule has 0 aromatic carbocycles. The van der Waals surface area contributed by atoms with Crippen LogP contribution in [-0.2, 0) is 13.0 Å². The van der Waals surface area contributed by atoms with Crippen molar-refractivity contribution in [3.63, 3.8) is 0 Å². The molecule has 0 aliphatic carbocycles. The Hall–Kier alpha value is -0.830. The number of hydrogen-bond donors (Lipinski definition) is 1. The van der Waals surface area contributed by atoms with E-state index in [1.54, 1.807) is 0 Å². The van der Waals surface area contributed by atoms with Gasteiger partial charge in [0.2, 0.25) is 0 Å². The third-order valence-corrected chi connectivity index (χ3v) is 3.99. The maximum Gasteiger partial charge on any atom is 0.0596 e. The van der Waals surface area contributed by atoms with Crippen molar-refractivity contribution < 1.29 is 0 Å². The molecule has 19 heavy (non-hydrogen) atoms. The van der Waals surface area contributed by atoms with Gasteiger partial charge in [0.1, 0.15) is 0 Å². The molecule has 0 amide bonds. The van der Waals surface area contributed by atoms with Gasteiger partial charge in [-0.25, -0.2) is 0 Å². The van der Waals surface area contributed by atoms with Crippen molar-refractivity contribution in [3.8, 4) is 0 Å². The van der Waals surface area contributed by atoms with Crippen molar-refractivity contribution in [2.75, 3.05) is 6.54 Å². The number of nitrogens with one attached hydrogen (secondary N) is 1. The van der Waals surface area contributed by atoms with Crippen LogP contribution in [0.1, 0.15) is 58.3 Å². The molecule has 1 N–H and O–H groups in total. The van der Waals surface area contributed by atoms with E-state index in [9.17, 15) is 0 Å². The molecule has 3 heteroatoms. The maximum atomic E-state index is 4.56. The lowest BCUT2D eigenvalue weighted by atomic mass is 9.90. The largest absolute Gasteiger partial charge is 0.313 e. The molecule has 1 aromatic heterocycles. The van der Waals surface area contributed by atoms with Gasteiger partial charge in [-0.3, -0.25) is 4.68 Å². The Balaban J connectivity index is 2.79. The summed E-state index contributed by atoms with van der Waals surface area (Å²) in [4.78, 5) is 0. The average molecular weight is 265 g/mol. The summed E-state index contributed by atoms with van der Waals surface area (Å²) in [5.74, 6) is 0.757. The zero-order valence-corrected chi connectivity index (χ0v) is 13.4. The van der Waals surface area contributed by atoms with Crippen molar-refractivity contribution in [1.82, 2.24) is 15.1 Å². The summed E-state index contributed by atoms with van der Waals surface area (Å²) in [6.45, 7) is 13.2. The first kappa shape index (κ1) is 16.2. The van der Waals surface area contributed by atoms with Crippen LogP contribution in [0.5, 0.6) is 0 Å². The minimum absolute atomic E-state index is 0.580. The van der Waals surface area contributed by atoms with Crippen LogP contribution in [-0.4, -0.2) is 22.4 Å². The minimum atomic E-state index is 0.580. The van der Waals surface area contributed by atoms with E-state index in [1.165, 1.54) is 25.0 Å². The van der Waals surface area contributed by atoms with E-state index < -0.39 is 0 Å². The Morgan fingerprint density at radius 1 is 1.21 bits per heavy atom. The monoisotopic (exact) mass is 265 g/mol. The fraction of sp³-hybridized carbons (Fsp3) is 0.812. The molecule has 1 unspecified atom stereocenters. The summed E-state index contributed by atoms with van der Waals surface area (Å²) in [7, 11) is 0. The quantitative estimate of drug-likeness (QED) is 0.740. The third-order valence-electron chi connectivity index (χ3n) is 3.99. The molecule has 110 valence electrons. The molecule has 1 rings (SSSR count). The molecule has 3 nitrogen and oxygen atoms in total. The van der Waals surface area contributed by atoms with Gasteiger partial charge in [0.05, 0.1) is 5.69 Å². The number of aromatic nitrogens is 2. The molecule has 0 spiro atoms. The molecule has 1 atom stereocenters. The first-order valence-electron chi connectivity index (χ1n) is 7.92. The van der Waals surface area contributed by atoms with E-state index in [0.717, 1.165) is 31.1 Å². The summed E-state index contributed by atoms with van der Waals surface area (Å²) in [6.07, 6.45) is 4.79. The van der Waals surface area contributed by atoms with Crippen LogP contribution < -0.4 is 5.32 Å². The summed E-state index contributed by atoms with van der Waals surface area (Å²) < 4.78 is 2.15. The van der Waals surface area contributed by atoms with Crippen LogP contribution >= 0.6 is 0 Å². The van der Waals surface area contributed by atoms with E-state index in [0.29, 0.717) is 6.04 Å². The number of hydrogen-bond acceptors (Lipinski definition) is 2. The maximum absolute atomic E-state index is 4.56. The normalized spacial score (nSPS) is 13.2. The molecular weight excluding hydrogens is 234 g/mol. The fourth-order valence-electron chi connectivity index (χ4n) is 2.86. The lowest BCUT2D eigenvalue weighted by Crippen LogP contribution is -2.38. The van der Waals surface area contributed by atoms with Crippen molar-refractivity contribution in [1.29, 1.82) is 0 Å². The highest BCUT2D eigenvalue weighted by Crippen LogP contribution is 2.18. The second kappa shape index (κ2) is 8.36. The fourth-order valence-corrected chi connectivity index (χ4v) is 2.86. The number of aryl methyl sites for hydroxylation is 2. The summed E-state index contributed by atoms with van der Waals surface area (Å²) in [5.41, 5.74) is 2.51. The van der Waals surface area contributed by atoms with Crippen molar-refractivity contribution in [2.45, 2.75) is 72.9 Å². The summed E-state index contributed by atoms with van der Waals surface area (Å²) >= 11 is 0. The second-order valence-corrected chi connectivity index (χ2v) is 5.43. The highest BCUT2D eigenvalue weighted by atomic mass is 15.3. The van der Waals surface area contributed by atoms with Crippen LogP contribution in [0, 0.1) is 12.8 Å². The molecule has 0 radical (unpaired) electrons. The van der Waals surface area contributed by atoms with Crippen LogP contribution in [0.3, 0.4) is 0 Å². The molecule has 0 saturated carbocycles. The molecule has 0 saturated heterocycles. The lowest BCUT2D eigenvalue weighted by molar-refractivity contribution is 0.326. The van der Waals surface area contributed by atoms with E-state index in [-0.39, 0.29) is 0 Å². The van der Waals surface area contributed by atoms with Crippen LogP contribution in [0.2, 0.25) is 0 Å². The summed E-state index contributed by atoms with van der Waals surface area (Å²) in [5, 5.41) is 8.30. The molecular formula is C16H31N3. The number of rotatable bonds is 9. The topological polar surface area (TPSA) is 29.9 Å². The van der Waals surface area contributed by atoms with E-state index >= 15 is 0 Å². The van der Waals surface area contributed by atoms with Crippen molar-refractivity contribution >= 4 is 0 Å². The highest BCUT2D eigenvalue weighted by molar-refractivity contribution is 5.11. The predicted octanol–water partition coefficient (Wildman–Crippen LogP) is 3.56. The van der Waals surface area contributed by atoms with Crippen LogP contribution in [0.15, 0.2) is 6.07 Å². The third kappa shape index (κ3) is 4.64.